The van der Waals surface area contributed by atoms with Gasteiger partial charge in [0, 0.05) is 13.0 Å². The third-order valence-corrected chi connectivity index (χ3v) is 4.91. The van der Waals surface area contributed by atoms with Gasteiger partial charge >= 0.3 is 0 Å². The van der Waals surface area contributed by atoms with Gasteiger partial charge in [0.05, 0.1) is 19.1 Å². The number of amides is 2. The highest BCUT2D eigenvalue weighted by Crippen LogP contribution is 2.28. The van der Waals surface area contributed by atoms with Gasteiger partial charge in [0.1, 0.15) is 11.8 Å². The Labute approximate surface area is 162 Å². The zero-order valence-electron chi connectivity index (χ0n) is 15.4. The van der Waals surface area contributed by atoms with E-state index >= 15 is 0 Å². The molecule has 0 radical (unpaired) electrons. The Kier molecular flexibility index (Phi) is 4.85. The number of nitrogens with one attached hydrogen (secondary N) is 1. The summed E-state index contributed by atoms with van der Waals surface area (Å²) in [6, 6.07) is 17.7. The first kappa shape index (κ1) is 17.9. The molecule has 6 heteroatoms. The molecular formula is C22H20N2O4. The van der Waals surface area contributed by atoms with E-state index in [2.05, 4.69) is 5.32 Å². The molecule has 1 N–H and O–H groups in total. The molecule has 2 aromatic carbocycles. The number of ether oxygens (including phenoxy) is 1. The summed E-state index contributed by atoms with van der Waals surface area (Å²) in [5.41, 5.74) is 2.66. The average Bonchev–Trinajstić information content (AvgIpc) is 3.27. The molecule has 4 rings (SSSR count). The number of rotatable bonds is 4. The Morgan fingerprint density at radius 1 is 1.04 bits per heavy atom. The third-order valence-electron chi connectivity index (χ3n) is 4.91. The molecule has 0 saturated carbocycles. The van der Waals surface area contributed by atoms with Gasteiger partial charge in [-0.1, -0.05) is 36.4 Å². The molecule has 1 aliphatic rings. The lowest BCUT2D eigenvalue weighted by molar-refractivity contribution is -0.121. The highest BCUT2D eigenvalue weighted by Gasteiger charge is 2.36. The molecule has 2 amide bonds. The number of para-hydroxylation sites is 2. The van der Waals surface area contributed by atoms with Crippen LogP contribution in [0.4, 0.5) is 5.69 Å². The summed E-state index contributed by atoms with van der Waals surface area (Å²) < 4.78 is 10.6. The van der Waals surface area contributed by atoms with E-state index in [9.17, 15) is 9.59 Å². The van der Waals surface area contributed by atoms with Gasteiger partial charge in [-0.3, -0.25) is 9.59 Å². The molecule has 0 unspecified atom stereocenters. The van der Waals surface area contributed by atoms with E-state index in [0.29, 0.717) is 24.4 Å². The first-order valence-corrected chi connectivity index (χ1v) is 9.02. The van der Waals surface area contributed by atoms with Gasteiger partial charge < -0.3 is 19.4 Å². The second kappa shape index (κ2) is 7.60. The maximum absolute atomic E-state index is 13.1. The minimum Gasteiger partial charge on any atom is -0.495 e. The van der Waals surface area contributed by atoms with Gasteiger partial charge in [-0.2, -0.15) is 0 Å². The lowest BCUT2D eigenvalue weighted by Gasteiger charge is -2.35. The number of fused-ring (bicyclic) bond motifs is 1. The van der Waals surface area contributed by atoms with E-state index in [1.165, 1.54) is 6.26 Å². The number of methoxy groups -OCH3 is 1. The quantitative estimate of drug-likeness (QED) is 0.757. The fraction of sp³-hybridized carbons (Fsp3) is 0.182. The monoisotopic (exact) mass is 376 g/mol. The molecule has 6 nitrogen and oxygen atoms in total. The average molecular weight is 376 g/mol. The molecule has 2 heterocycles. The second-order valence-electron chi connectivity index (χ2n) is 6.59. The van der Waals surface area contributed by atoms with E-state index in [-0.39, 0.29) is 17.6 Å². The van der Waals surface area contributed by atoms with Crippen LogP contribution >= 0.6 is 0 Å². The molecule has 0 saturated heterocycles. The van der Waals surface area contributed by atoms with Gasteiger partial charge in [-0.15, -0.1) is 0 Å². The zero-order valence-corrected chi connectivity index (χ0v) is 15.4. The number of carbonyl (C=O) groups is 2. The standard InChI is InChI=1S/C22H20N2O4/c1-27-19-10-5-4-9-17(19)23-21(25)18-13-15-7-2-3-8-16(15)14-24(18)22(26)20-11-6-12-28-20/h2-12,18H,13-14H2,1H3,(H,23,25)/t18-/m0/s1. The maximum Gasteiger partial charge on any atom is 0.290 e. The van der Waals surface area contributed by atoms with Crippen molar-refractivity contribution in [3.8, 4) is 5.75 Å². The van der Waals surface area contributed by atoms with Crippen LogP contribution in [0.5, 0.6) is 5.75 Å². The number of hydrogen-bond acceptors (Lipinski definition) is 4. The lowest BCUT2D eigenvalue weighted by atomic mass is 9.93. The normalized spacial score (nSPS) is 15.6. The van der Waals surface area contributed by atoms with E-state index in [1.54, 1.807) is 36.3 Å². The highest BCUT2D eigenvalue weighted by molar-refractivity contribution is 6.01. The van der Waals surface area contributed by atoms with Gasteiger partial charge in [0.15, 0.2) is 5.76 Å². The molecule has 0 fully saturated rings. The molecular weight excluding hydrogens is 356 g/mol. The summed E-state index contributed by atoms with van der Waals surface area (Å²) in [6.07, 6.45) is 1.89. The smallest absolute Gasteiger partial charge is 0.290 e. The van der Waals surface area contributed by atoms with Crippen molar-refractivity contribution in [1.29, 1.82) is 0 Å². The van der Waals surface area contributed by atoms with Crippen molar-refractivity contribution in [1.82, 2.24) is 4.90 Å². The molecule has 1 aromatic heterocycles. The fourth-order valence-electron chi connectivity index (χ4n) is 3.48. The summed E-state index contributed by atoms with van der Waals surface area (Å²) in [7, 11) is 1.55. The minimum absolute atomic E-state index is 0.217. The first-order chi connectivity index (χ1) is 13.7. The summed E-state index contributed by atoms with van der Waals surface area (Å²) in [5, 5.41) is 2.90. The Morgan fingerprint density at radius 2 is 1.79 bits per heavy atom. The molecule has 1 aliphatic heterocycles. The van der Waals surface area contributed by atoms with Crippen molar-refractivity contribution in [3.63, 3.8) is 0 Å². The van der Waals surface area contributed by atoms with Crippen LogP contribution < -0.4 is 10.1 Å². The summed E-state index contributed by atoms with van der Waals surface area (Å²) >= 11 is 0. The molecule has 3 aromatic rings. The molecule has 28 heavy (non-hydrogen) atoms. The molecule has 142 valence electrons. The number of hydrogen-bond donors (Lipinski definition) is 1. The van der Waals surface area contributed by atoms with Crippen molar-refractivity contribution in [2.75, 3.05) is 12.4 Å². The predicted molar refractivity (Wildman–Crippen MR) is 104 cm³/mol. The van der Waals surface area contributed by atoms with E-state index in [0.717, 1.165) is 11.1 Å². The van der Waals surface area contributed by atoms with E-state index < -0.39 is 6.04 Å². The number of nitrogens with zero attached hydrogens (tertiary/aromatic N) is 1. The van der Waals surface area contributed by atoms with Crippen molar-refractivity contribution < 1.29 is 18.7 Å². The van der Waals surface area contributed by atoms with Crippen molar-refractivity contribution >= 4 is 17.5 Å². The minimum atomic E-state index is -0.655. The topological polar surface area (TPSA) is 71.8 Å². The number of carbonyl (C=O) groups excluding carboxylic acids is 2. The van der Waals surface area contributed by atoms with Crippen molar-refractivity contribution in [2.45, 2.75) is 19.0 Å². The lowest BCUT2D eigenvalue weighted by Crippen LogP contribution is -2.50. The van der Waals surface area contributed by atoms with Gasteiger partial charge in [-0.25, -0.2) is 0 Å². The van der Waals surface area contributed by atoms with Crippen LogP contribution in [0.25, 0.3) is 0 Å². The van der Waals surface area contributed by atoms with Crippen LogP contribution in [0.3, 0.4) is 0 Å². The van der Waals surface area contributed by atoms with Crippen molar-refractivity contribution in [2.24, 2.45) is 0 Å². The van der Waals surface area contributed by atoms with Gasteiger partial charge in [0.2, 0.25) is 5.91 Å². The second-order valence-corrected chi connectivity index (χ2v) is 6.59. The number of furan rings is 1. The van der Waals surface area contributed by atoms with Crippen LogP contribution in [0.2, 0.25) is 0 Å². The zero-order chi connectivity index (χ0) is 19.5. The Hall–Kier alpha value is -3.54. The Morgan fingerprint density at radius 3 is 2.54 bits per heavy atom. The first-order valence-electron chi connectivity index (χ1n) is 9.02. The van der Waals surface area contributed by atoms with Gasteiger partial charge in [-0.05, 0) is 35.4 Å². The number of anilines is 1. The molecule has 0 bridgehead atoms. The Bertz CT molecular complexity index is 997. The van der Waals surface area contributed by atoms with Crippen LogP contribution in [0.1, 0.15) is 21.7 Å². The largest absolute Gasteiger partial charge is 0.495 e. The summed E-state index contributed by atoms with van der Waals surface area (Å²) in [5.74, 6) is 0.212. The SMILES string of the molecule is COc1ccccc1NC(=O)[C@@H]1Cc2ccccc2CN1C(=O)c1ccco1. The van der Waals surface area contributed by atoms with Gasteiger partial charge in [0.25, 0.3) is 5.91 Å². The molecule has 0 spiro atoms. The van der Waals surface area contributed by atoms with Crippen molar-refractivity contribution in [3.05, 3.63) is 83.8 Å². The van der Waals surface area contributed by atoms with Crippen LogP contribution in [0, 0.1) is 0 Å². The van der Waals surface area contributed by atoms with E-state index in [1.807, 2.05) is 36.4 Å². The summed E-state index contributed by atoms with van der Waals surface area (Å²) in [4.78, 5) is 27.7. The maximum atomic E-state index is 13.1. The Balaban J connectivity index is 1.65. The van der Waals surface area contributed by atoms with E-state index in [4.69, 9.17) is 9.15 Å². The van der Waals surface area contributed by atoms with Crippen LogP contribution in [0.15, 0.2) is 71.3 Å². The summed E-state index contributed by atoms with van der Waals surface area (Å²) in [6.45, 7) is 0.347. The van der Waals surface area contributed by atoms with Crippen LogP contribution in [-0.2, 0) is 17.8 Å². The predicted octanol–water partition coefficient (Wildman–Crippen LogP) is 3.49. The third kappa shape index (κ3) is 3.36. The molecule has 0 aliphatic carbocycles. The highest BCUT2D eigenvalue weighted by atomic mass is 16.5. The number of benzene rings is 2. The fourth-order valence-corrected chi connectivity index (χ4v) is 3.48. The molecule has 1 atom stereocenters. The van der Waals surface area contributed by atoms with Crippen LogP contribution in [-0.4, -0.2) is 29.9 Å².